The van der Waals surface area contributed by atoms with Gasteiger partial charge in [0.1, 0.15) is 25.0 Å². The van der Waals surface area contributed by atoms with Gasteiger partial charge >= 0.3 is 5.97 Å². The number of benzene rings is 1. The van der Waals surface area contributed by atoms with E-state index >= 15 is 0 Å². The molecule has 0 N–H and O–H groups in total. The maximum Gasteiger partial charge on any atom is 0.329 e. The molecule has 2 aliphatic rings. The van der Waals surface area contributed by atoms with Crippen LogP contribution in [0, 0.1) is 25.7 Å². The highest BCUT2D eigenvalue weighted by molar-refractivity contribution is 6.08. The number of hydrogen-bond donors (Lipinski definition) is 0. The monoisotopic (exact) mass is 371 g/mol. The van der Waals surface area contributed by atoms with Crippen molar-refractivity contribution in [1.29, 1.82) is 0 Å². The van der Waals surface area contributed by atoms with Crippen LogP contribution >= 0.6 is 0 Å². The molecule has 3 atom stereocenters. The fourth-order valence-electron chi connectivity index (χ4n) is 3.59. The first-order valence-corrected chi connectivity index (χ1v) is 9.28. The molecule has 0 unspecified atom stereocenters. The lowest BCUT2D eigenvalue weighted by Crippen LogP contribution is -2.44. The van der Waals surface area contributed by atoms with Gasteiger partial charge in [-0.1, -0.05) is 24.3 Å². The van der Waals surface area contributed by atoms with Crippen LogP contribution in [0.3, 0.4) is 0 Å². The number of likely N-dealkylation sites (tertiary alicyclic amines) is 1. The van der Waals surface area contributed by atoms with Crippen LogP contribution in [-0.2, 0) is 19.1 Å². The normalized spacial score (nSPS) is 22.6. The second-order valence-corrected chi connectivity index (χ2v) is 7.16. The van der Waals surface area contributed by atoms with E-state index in [9.17, 15) is 14.4 Å². The topological polar surface area (TPSA) is 72.9 Å². The molecule has 3 rings (SSSR count). The molecule has 1 fully saturated rings. The number of aryl methyl sites for hydroxylation is 2. The molecule has 1 saturated heterocycles. The molecular formula is C21H25NO5. The maximum atomic E-state index is 12.5. The zero-order chi connectivity index (χ0) is 19.6. The predicted octanol–water partition coefficient (Wildman–Crippen LogP) is 2.57. The highest BCUT2D eigenvalue weighted by atomic mass is 16.6. The number of carbonyl (C=O) groups excluding carboxylic acids is 3. The van der Waals surface area contributed by atoms with Gasteiger partial charge in [0.2, 0.25) is 11.8 Å². The molecule has 2 amide bonds. The third-order valence-corrected chi connectivity index (χ3v) is 5.20. The molecule has 1 aliphatic heterocycles. The van der Waals surface area contributed by atoms with E-state index in [2.05, 4.69) is 0 Å². The van der Waals surface area contributed by atoms with Gasteiger partial charge in [-0.25, -0.2) is 4.79 Å². The first-order valence-electron chi connectivity index (χ1n) is 9.28. The van der Waals surface area contributed by atoms with Crippen molar-refractivity contribution in [3.05, 3.63) is 41.5 Å². The number of hydrogen-bond acceptors (Lipinski definition) is 5. The van der Waals surface area contributed by atoms with Crippen LogP contribution in [0.5, 0.6) is 5.75 Å². The van der Waals surface area contributed by atoms with Crippen molar-refractivity contribution in [3.8, 4) is 5.75 Å². The molecule has 0 saturated carbocycles. The summed E-state index contributed by atoms with van der Waals surface area (Å²) < 4.78 is 10.9. The summed E-state index contributed by atoms with van der Waals surface area (Å²) in [6.45, 7) is 5.72. The zero-order valence-electron chi connectivity index (χ0n) is 15.9. The Morgan fingerprint density at radius 1 is 1.11 bits per heavy atom. The van der Waals surface area contributed by atoms with E-state index in [0.29, 0.717) is 12.8 Å². The number of imide groups is 1. The van der Waals surface area contributed by atoms with Gasteiger partial charge in [0.15, 0.2) is 0 Å². The summed E-state index contributed by atoms with van der Waals surface area (Å²) in [5.74, 6) is -1.07. The summed E-state index contributed by atoms with van der Waals surface area (Å²) in [6.07, 6.45) is 4.95. The molecular weight excluding hydrogens is 346 g/mol. The standard InChI is InChI=1S/C21H25NO5/c1-13-8-9-14(2)18(12-13)26-10-11-27-21(25)15(3)22-19(23)16-6-4-5-7-17(16)20(22)24/h4-5,8-9,12,15-17H,6-7,10-11H2,1-3H3/t15-,16-,17-/m0/s1. The number of allylic oxidation sites excluding steroid dienone is 2. The van der Waals surface area contributed by atoms with Crippen molar-refractivity contribution in [2.45, 2.75) is 39.7 Å². The zero-order valence-corrected chi connectivity index (χ0v) is 15.9. The largest absolute Gasteiger partial charge is 0.490 e. The van der Waals surface area contributed by atoms with Crippen LogP contribution in [0.1, 0.15) is 30.9 Å². The molecule has 0 aromatic heterocycles. The summed E-state index contributed by atoms with van der Waals surface area (Å²) in [7, 11) is 0. The lowest BCUT2D eigenvalue weighted by molar-refractivity contribution is -0.158. The Balaban J connectivity index is 1.51. The molecule has 0 spiro atoms. The van der Waals surface area contributed by atoms with Gasteiger partial charge in [-0.2, -0.15) is 0 Å². The number of carbonyl (C=O) groups is 3. The summed E-state index contributed by atoms with van der Waals surface area (Å²) in [5.41, 5.74) is 2.09. The lowest BCUT2D eigenvalue weighted by atomic mass is 9.85. The molecule has 27 heavy (non-hydrogen) atoms. The average molecular weight is 371 g/mol. The number of fused-ring (bicyclic) bond motifs is 1. The van der Waals surface area contributed by atoms with Crippen LogP contribution in [0.4, 0.5) is 0 Å². The second kappa shape index (κ2) is 7.94. The van der Waals surface area contributed by atoms with Crippen molar-refractivity contribution >= 4 is 17.8 Å². The summed E-state index contributed by atoms with van der Waals surface area (Å²) in [6, 6.07) is 4.98. The highest BCUT2D eigenvalue weighted by Crippen LogP contribution is 2.36. The highest BCUT2D eigenvalue weighted by Gasteiger charge is 2.50. The first-order chi connectivity index (χ1) is 12.9. The summed E-state index contributed by atoms with van der Waals surface area (Å²) in [5, 5.41) is 0. The van der Waals surface area contributed by atoms with Gasteiger partial charge in [-0.3, -0.25) is 14.5 Å². The Hall–Kier alpha value is -2.63. The minimum atomic E-state index is -0.920. The molecule has 1 heterocycles. The maximum absolute atomic E-state index is 12.5. The van der Waals surface area contributed by atoms with Gasteiger partial charge < -0.3 is 9.47 Å². The fraction of sp³-hybridized carbons (Fsp3) is 0.476. The van der Waals surface area contributed by atoms with Crippen LogP contribution in [-0.4, -0.2) is 41.9 Å². The van der Waals surface area contributed by atoms with E-state index < -0.39 is 12.0 Å². The van der Waals surface area contributed by atoms with Crippen LogP contribution in [0.2, 0.25) is 0 Å². The molecule has 0 bridgehead atoms. The minimum absolute atomic E-state index is 0.0567. The van der Waals surface area contributed by atoms with E-state index in [-0.39, 0.29) is 36.9 Å². The molecule has 0 radical (unpaired) electrons. The average Bonchev–Trinajstić information content (AvgIpc) is 2.91. The Labute approximate surface area is 159 Å². The van der Waals surface area contributed by atoms with Gasteiger partial charge in [-0.15, -0.1) is 0 Å². The van der Waals surface area contributed by atoms with Crippen LogP contribution < -0.4 is 4.74 Å². The number of ether oxygens (including phenoxy) is 2. The summed E-state index contributed by atoms with van der Waals surface area (Å²) >= 11 is 0. The smallest absolute Gasteiger partial charge is 0.329 e. The fourth-order valence-corrected chi connectivity index (χ4v) is 3.59. The molecule has 1 aromatic rings. The van der Waals surface area contributed by atoms with Crippen LogP contribution in [0.25, 0.3) is 0 Å². The minimum Gasteiger partial charge on any atom is -0.490 e. The molecule has 6 nitrogen and oxygen atoms in total. The van der Waals surface area contributed by atoms with E-state index in [4.69, 9.17) is 9.47 Å². The molecule has 6 heteroatoms. The number of rotatable bonds is 6. The number of amides is 2. The molecule has 1 aliphatic carbocycles. The van der Waals surface area contributed by atoms with Crippen LogP contribution in [0.15, 0.2) is 30.4 Å². The van der Waals surface area contributed by atoms with Crippen molar-refractivity contribution < 1.29 is 23.9 Å². The van der Waals surface area contributed by atoms with E-state index in [1.807, 2.05) is 44.2 Å². The lowest BCUT2D eigenvalue weighted by Gasteiger charge is -2.21. The third-order valence-electron chi connectivity index (χ3n) is 5.20. The van der Waals surface area contributed by atoms with Gasteiger partial charge in [-0.05, 0) is 50.8 Å². The van der Waals surface area contributed by atoms with Crippen molar-refractivity contribution in [3.63, 3.8) is 0 Å². The van der Waals surface area contributed by atoms with Gasteiger partial charge in [0.05, 0.1) is 11.8 Å². The number of esters is 1. The summed E-state index contributed by atoms with van der Waals surface area (Å²) in [4.78, 5) is 38.4. The van der Waals surface area contributed by atoms with Crippen molar-refractivity contribution in [1.82, 2.24) is 4.90 Å². The Bertz CT molecular complexity index is 759. The quantitative estimate of drug-likeness (QED) is 0.333. The van der Waals surface area contributed by atoms with Crippen molar-refractivity contribution in [2.24, 2.45) is 11.8 Å². The van der Waals surface area contributed by atoms with Gasteiger partial charge in [0.25, 0.3) is 0 Å². The number of nitrogens with zero attached hydrogens (tertiary/aromatic N) is 1. The Morgan fingerprint density at radius 2 is 1.74 bits per heavy atom. The SMILES string of the molecule is Cc1ccc(C)c(OCCOC(=O)[C@H](C)N2C(=O)[C@H]3CC=CC[C@@H]3C2=O)c1. The molecule has 1 aromatic carbocycles. The third kappa shape index (κ3) is 3.89. The van der Waals surface area contributed by atoms with E-state index in [0.717, 1.165) is 21.8 Å². The first kappa shape index (κ1) is 19.1. The Morgan fingerprint density at radius 3 is 2.37 bits per heavy atom. The van der Waals surface area contributed by atoms with E-state index in [1.165, 1.54) is 6.92 Å². The predicted molar refractivity (Wildman–Crippen MR) is 99.0 cm³/mol. The van der Waals surface area contributed by atoms with Crippen molar-refractivity contribution in [2.75, 3.05) is 13.2 Å². The molecule has 144 valence electrons. The van der Waals surface area contributed by atoms with Gasteiger partial charge in [0, 0.05) is 0 Å². The Kier molecular flexibility index (Phi) is 5.63. The second-order valence-electron chi connectivity index (χ2n) is 7.16. The van der Waals surface area contributed by atoms with E-state index in [1.54, 1.807) is 0 Å².